The number of hydrogen-bond donors (Lipinski definition) is 1. The topological polar surface area (TPSA) is 71.3 Å². The third-order valence-electron chi connectivity index (χ3n) is 3.37. The Morgan fingerprint density at radius 2 is 2.05 bits per heavy atom. The maximum Gasteiger partial charge on any atom is 0.244 e. The Labute approximate surface area is 112 Å². The minimum atomic E-state index is -0.850. The quantitative estimate of drug-likeness (QED) is 0.901. The van der Waals surface area contributed by atoms with Crippen molar-refractivity contribution < 1.29 is 14.3 Å². The first-order chi connectivity index (χ1) is 9.06. The van der Waals surface area contributed by atoms with E-state index in [1.807, 2.05) is 13.0 Å². The Hall–Kier alpha value is -2.22. The van der Waals surface area contributed by atoms with Crippen LogP contribution in [0.1, 0.15) is 18.4 Å². The number of carbonyl (C=O) groups is 1. The van der Waals surface area contributed by atoms with Crippen LogP contribution in [0, 0.1) is 23.7 Å². The smallest absolute Gasteiger partial charge is 0.244 e. The van der Waals surface area contributed by atoms with Crippen LogP contribution in [-0.2, 0) is 4.79 Å². The molecule has 0 spiro atoms. The molecular weight excluding hydrogens is 244 g/mol. The Balaban J connectivity index is 2.30. The summed E-state index contributed by atoms with van der Waals surface area (Å²) in [4.78, 5) is 12.1. The Kier molecular flexibility index (Phi) is 3.34. The van der Waals surface area contributed by atoms with Crippen molar-refractivity contribution in [2.24, 2.45) is 5.41 Å². The van der Waals surface area contributed by atoms with Crippen LogP contribution in [0.3, 0.4) is 0 Å². The van der Waals surface area contributed by atoms with Gasteiger partial charge in [0.1, 0.15) is 16.9 Å². The van der Waals surface area contributed by atoms with Gasteiger partial charge in [-0.05, 0) is 31.4 Å². The lowest BCUT2D eigenvalue weighted by molar-refractivity contribution is -0.119. The van der Waals surface area contributed by atoms with Crippen molar-refractivity contribution in [3.05, 3.63) is 17.7 Å². The molecular formula is C14H16N2O3. The lowest BCUT2D eigenvalue weighted by Crippen LogP contribution is -2.23. The molecule has 2 rings (SSSR count). The second-order valence-electron chi connectivity index (χ2n) is 4.67. The molecule has 1 aromatic carbocycles. The van der Waals surface area contributed by atoms with Gasteiger partial charge in [-0.1, -0.05) is 0 Å². The summed E-state index contributed by atoms with van der Waals surface area (Å²) >= 11 is 0. The molecule has 1 N–H and O–H groups in total. The average Bonchev–Trinajstić information content (AvgIpc) is 3.21. The summed E-state index contributed by atoms with van der Waals surface area (Å²) in [6.07, 6.45) is 1.24. The molecule has 1 aliphatic carbocycles. The molecule has 1 amide bonds. The number of methoxy groups -OCH3 is 2. The number of nitrogens with zero attached hydrogens (tertiary/aromatic N) is 1. The molecule has 0 aliphatic heterocycles. The molecule has 0 unspecified atom stereocenters. The molecule has 1 saturated carbocycles. The standard InChI is InChI=1S/C14H16N2O3/c1-9-6-10(18-2)7-11(19-3)12(9)16-13(17)14(8-15)4-5-14/h6-7H,4-5H2,1-3H3,(H,16,17). The molecule has 0 atom stereocenters. The highest BCUT2D eigenvalue weighted by Gasteiger charge is 2.50. The molecule has 0 saturated heterocycles. The van der Waals surface area contributed by atoms with Crippen molar-refractivity contribution in [2.75, 3.05) is 19.5 Å². The van der Waals surface area contributed by atoms with E-state index in [0.29, 0.717) is 30.0 Å². The highest BCUT2D eigenvalue weighted by molar-refractivity contribution is 6.00. The second kappa shape index (κ2) is 4.81. The van der Waals surface area contributed by atoms with Crippen LogP contribution >= 0.6 is 0 Å². The number of anilines is 1. The summed E-state index contributed by atoms with van der Waals surface area (Å²) in [5.41, 5.74) is 0.574. The van der Waals surface area contributed by atoms with E-state index in [1.54, 1.807) is 13.2 Å². The van der Waals surface area contributed by atoms with Crippen LogP contribution in [0.15, 0.2) is 12.1 Å². The fraction of sp³-hybridized carbons (Fsp3) is 0.429. The number of aryl methyl sites for hydroxylation is 1. The highest BCUT2D eigenvalue weighted by atomic mass is 16.5. The molecule has 1 fully saturated rings. The van der Waals surface area contributed by atoms with Crippen LogP contribution in [-0.4, -0.2) is 20.1 Å². The lowest BCUT2D eigenvalue weighted by atomic mass is 10.1. The van der Waals surface area contributed by atoms with Gasteiger partial charge >= 0.3 is 0 Å². The molecule has 1 aromatic rings. The van der Waals surface area contributed by atoms with Crippen molar-refractivity contribution in [3.63, 3.8) is 0 Å². The van der Waals surface area contributed by atoms with Gasteiger partial charge in [-0.3, -0.25) is 4.79 Å². The van der Waals surface area contributed by atoms with Gasteiger partial charge in [0, 0.05) is 6.07 Å². The Morgan fingerprint density at radius 1 is 1.37 bits per heavy atom. The number of benzene rings is 1. The predicted octanol–water partition coefficient (Wildman–Crippen LogP) is 2.25. The maximum atomic E-state index is 12.1. The fourth-order valence-electron chi connectivity index (χ4n) is 1.91. The van der Waals surface area contributed by atoms with Crippen molar-refractivity contribution in [2.45, 2.75) is 19.8 Å². The molecule has 19 heavy (non-hydrogen) atoms. The summed E-state index contributed by atoms with van der Waals surface area (Å²) in [5.74, 6) is 0.925. The molecule has 0 aromatic heterocycles. The van der Waals surface area contributed by atoms with Crippen molar-refractivity contribution in [1.82, 2.24) is 0 Å². The minimum Gasteiger partial charge on any atom is -0.497 e. The van der Waals surface area contributed by atoms with Gasteiger partial charge in [-0.15, -0.1) is 0 Å². The number of nitrogens with one attached hydrogen (secondary N) is 1. The normalized spacial score (nSPS) is 15.3. The maximum absolute atomic E-state index is 12.1. The van der Waals surface area contributed by atoms with E-state index in [1.165, 1.54) is 7.11 Å². The number of carbonyl (C=O) groups excluding carboxylic acids is 1. The third kappa shape index (κ3) is 2.34. The third-order valence-corrected chi connectivity index (χ3v) is 3.37. The molecule has 0 bridgehead atoms. The van der Waals surface area contributed by atoms with Crippen LogP contribution in [0.5, 0.6) is 11.5 Å². The van der Waals surface area contributed by atoms with Crippen LogP contribution in [0.4, 0.5) is 5.69 Å². The van der Waals surface area contributed by atoms with E-state index in [4.69, 9.17) is 14.7 Å². The van der Waals surface area contributed by atoms with Gasteiger partial charge in [0.15, 0.2) is 0 Å². The number of nitriles is 1. The largest absolute Gasteiger partial charge is 0.497 e. The van der Waals surface area contributed by atoms with Gasteiger partial charge < -0.3 is 14.8 Å². The summed E-state index contributed by atoms with van der Waals surface area (Å²) in [6, 6.07) is 5.59. The van der Waals surface area contributed by atoms with Gasteiger partial charge in [0.25, 0.3) is 0 Å². The number of amides is 1. The Morgan fingerprint density at radius 3 is 2.53 bits per heavy atom. The molecule has 5 heteroatoms. The zero-order valence-corrected chi connectivity index (χ0v) is 11.2. The van der Waals surface area contributed by atoms with Gasteiger partial charge in [0.2, 0.25) is 5.91 Å². The second-order valence-corrected chi connectivity index (χ2v) is 4.67. The highest BCUT2D eigenvalue weighted by Crippen LogP contribution is 2.46. The summed E-state index contributed by atoms with van der Waals surface area (Å²) < 4.78 is 10.4. The number of ether oxygens (including phenoxy) is 2. The van der Waals surface area contributed by atoms with E-state index in [9.17, 15) is 4.79 Å². The van der Waals surface area contributed by atoms with Crippen molar-refractivity contribution in [1.29, 1.82) is 5.26 Å². The average molecular weight is 260 g/mol. The predicted molar refractivity (Wildman–Crippen MR) is 70.2 cm³/mol. The van der Waals surface area contributed by atoms with E-state index in [-0.39, 0.29) is 5.91 Å². The van der Waals surface area contributed by atoms with E-state index in [0.717, 1.165) is 5.56 Å². The Bertz CT molecular complexity index is 557. The first-order valence-corrected chi connectivity index (χ1v) is 6.01. The summed E-state index contributed by atoms with van der Waals surface area (Å²) in [7, 11) is 3.10. The van der Waals surface area contributed by atoms with Crippen LogP contribution in [0.25, 0.3) is 0 Å². The van der Waals surface area contributed by atoms with Crippen LogP contribution in [0.2, 0.25) is 0 Å². The minimum absolute atomic E-state index is 0.262. The van der Waals surface area contributed by atoms with E-state index < -0.39 is 5.41 Å². The first kappa shape index (κ1) is 13.2. The van der Waals surface area contributed by atoms with Gasteiger partial charge in [0.05, 0.1) is 26.0 Å². The van der Waals surface area contributed by atoms with Crippen molar-refractivity contribution >= 4 is 11.6 Å². The molecule has 100 valence electrons. The zero-order chi connectivity index (χ0) is 14.0. The molecule has 1 aliphatic rings. The molecule has 5 nitrogen and oxygen atoms in total. The van der Waals surface area contributed by atoms with Crippen LogP contribution < -0.4 is 14.8 Å². The molecule has 0 radical (unpaired) electrons. The lowest BCUT2D eigenvalue weighted by Gasteiger charge is -2.16. The summed E-state index contributed by atoms with van der Waals surface area (Å²) in [6.45, 7) is 1.85. The SMILES string of the molecule is COc1cc(C)c(NC(=O)C2(C#N)CC2)c(OC)c1. The monoisotopic (exact) mass is 260 g/mol. The molecule has 0 heterocycles. The summed E-state index contributed by atoms with van der Waals surface area (Å²) in [5, 5.41) is 11.8. The van der Waals surface area contributed by atoms with Gasteiger partial charge in [-0.2, -0.15) is 5.26 Å². The first-order valence-electron chi connectivity index (χ1n) is 6.01. The van der Waals surface area contributed by atoms with Gasteiger partial charge in [-0.25, -0.2) is 0 Å². The fourth-order valence-corrected chi connectivity index (χ4v) is 1.91. The zero-order valence-electron chi connectivity index (χ0n) is 11.2. The number of rotatable bonds is 4. The van der Waals surface area contributed by atoms with Crippen molar-refractivity contribution in [3.8, 4) is 17.6 Å². The number of hydrogen-bond acceptors (Lipinski definition) is 4. The van der Waals surface area contributed by atoms with E-state index in [2.05, 4.69) is 11.4 Å². The van der Waals surface area contributed by atoms with E-state index >= 15 is 0 Å².